The third-order valence-electron chi connectivity index (χ3n) is 4.77. The van der Waals surface area contributed by atoms with Crippen molar-refractivity contribution in [3.05, 3.63) is 28.2 Å². The molecule has 5 heteroatoms. The number of hydrogen-bond donors (Lipinski definition) is 0. The minimum absolute atomic E-state index is 0.192. The van der Waals surface area contributed by atoms with Gasteiger partial charge in [0.15, 0.2) is 0 Å². The Morgan fingerprint density at radius 2 is 2.05 bits per heavy atom. The molecule has 1 saturated carbocycles. The van der Waals surface area contributed by atoms with Crippen molar-refractivity contribution in [3.63, 3.8) is 0 Å². The lowest BCUT2D eigenvalue weighted by Gasteiger charge is -2.22. The molecule has 21 heavy (non-hydrogen) atoms. The largest absolute Gasteiger partial charge is 0.326 e. The Morgan fingerprint density at radius 3 is 2.57 bits per heavy atom. The molecule has 3 rings (SSSR count). The highest BCUT2D eigenvalue weighted by Crippen LogP contribution is 2.53. The highest BCUT2D eigenvalue weighted by molar-refractivity contribution is 9.10. The summed E-state index contributed by atoms with van der Waals surface area (Å²) >= 11 is 9.57. The van der Waals surface area contributed by atoms with Gasteiger partial charge in [0, 0.05) is 12.6 Å². The van der Waals surface area contributed by atoms with Gasteiger partial charge in [0.25, 0.3) is 0 Å². The van der Waals surface area contributed by atoms with Crippen LogP contribution in [-0.2, 0) is 6.54 Å². The van der Waals surface area contributed by atoms with E-state index >= 15 is 0 Å². The maximum absolute atomic E-state index is 13.7. The number of hydrogen-bond acceptors (Lipinski definition) is 1. The van der Waals surface area contributed by atoms with Gasteiger partial charge in [-0.1, -0.05) is 13.8 Å². The molecule has 1 aliphatic carbocycles. The molecule has 0 radical (unpaired) electrons. The molecule has 0 saturated heterocycles. The lowest BCUT2D eigenvalue weighted by molar-refractivity contribution is 0.308. The highest BCUT2D eigenvalue weighted by atomic mass is 79.9. The number of benzene rings is 1. The van der Waals surface area contributed by atoms with Crippen LogP contribution in [0.4, 0.5) is 4.39 Å². The molecule has 114 valence electrons. The standard InChI is InChI=1S/C16H19BrClFN2/c1-9(2)16(4-5-16)8-21-14-6-11(17)12(19)7-13(14)20-15(21)10(3)18/h6-7,9-10H,4-5,8H2,1-3H3. The van der Waals surface area contributed by atoms with E-state index in [2.05, 4.69) is 39.3 Å². The minimum atomic E-state index is -0.286. The summed E-state index contributed by atoms with van der Waals surface area (Å²) in [6, 6.07) is 3.30. The smallest absolute Gasteiger partial charge is 0.139 e. The fraction of sp³-hybridized carbons (Fsp3) is 0.562. The molecule has 0 spiro atoms. The van der Waals surface area contributed by atoms with Crippen LogP contribution >= 0.6 is 27.5 Å². The van der Waals surface area contributed by atoms with Crippen molar-refractivity contribution in [2.45, 2.75) is 45.5 Å². The van der Waals surface area contributed by atoms with Gasteiger partial charge in [-0.3, -0.25) is 0 Å². The van der Waals surface area contributed by atoms with Crippen molar-refractivity contribution in [3.8, 4) is 0 Å². The third-order valence-corrected chi connectivity index (χ3v) is 5.57. The predicted octanol–water partition coefficient (Wildman–Crippen LogP) is 5.67. The Bertz CT molecular complexity index is 689. The molecule has 1 heterocycles. The molecule has 1 atom stereocenters. The quantitative estimate of drug-likeness (QED) is 0.631. The molecule has 0 amide bonds. The van der Waals surface area contributed by atoms with Gasteiger partial charge in [-0.05, 0) is 53.1 Å². The molecule has 2 nitrogen and oxygen atoms in total. The van der Waals surface area contributed by atoms with Crippen LogP contribution in [0.2, 0.25) is 0 Å². The van der Waals surface area contributed by atoms with Gasteiger partial charge in [-0.2, -0.15) is 0 Å². The number of rotatable bonds is 4. The average molecular weight is 374 g/mol. The molecule has 1 aromatic heterocycles. The first-order chi connectivity index (χ1) is 9.84. The molecule has 1 unspecified atom stereocenters. The van der Waals surface area contributed by atoms with Crippen molar-refractivity contribution in [2.24, 2.45) is 11.3 Å². The van der Waals surface area contributed by atoms with E-state index in [9.17, 15) is 4.39 Å². The minimum Gasteiger partial charge on any atom is -0.326 e. The molecular formula is C16H19BrClFN2. The Balaban J connectivity index is 2.14. The lowest BCUT2D eigenvalue weighted by atomic mass is 9.92. The Kier molecular flexibility index (Phi) is 3.81. The highest BCUT2D eigenvalue weighted by Gasteiger charge is 2.46. The van der Waals surface area contributed by atoms with Crippen molar-refractivity contribution in [2.75, 3.05) is 0 Å². The van der Waals surface area contributed by atoms with Gasteiger partial charge in [0.2, 0.25) is 0 Å². The van der Waals surface area contributed by atoms with Crippen LogP contribution in [0.5, 0.6) is 0 Å². The van der Waals surface area contributed by atoms with E-state index in [4.69, 9.17) is 11.6 Å². The Hall–Kier alpha value is -0.610. The zero-order chi connectivity index (χ0) is 15.4. The van der Waals surface area contributed by atoms with Gasteiger partial charge < -0.3 is 4.57 Å². The van der Waals surface area contributed by atoms with Crippen molar-refractivity contribution >= 4 is 38.6 Å². The molecule has 2 aromatic rings. The summed E-state index contributed by atoms with van der Waals surface area (Å²) in [5, 5.41) is -0.192. The number of nitrogens with zero attached hydrogens (tertiary/aromatic N) is 2. The summed E-state index contributed by atoms with van der Waals surface area (Å²) in [7, 11) is 0. The predicted molar refractivity (Wildman–Crippen MR) is 88.2 cm³/mol. The van der Waals surface area contributed by atoms with Gasteiger partial charge >= 0.3 is 0 Å². The summed E-state index contributed by atoms with van der Waals surface area (Å²) in [6.07, 6.45) is 2.48. The molecular weight excluding hydrogens is 355 g/mol. The van der Waals surface area contributed by atoms with Crippen LogP contribution in [0.3, 0.4) is 0 Å². The van der Waals surface area contributed by atoms with Gasteiger partial charge in [-0.25, -0.2) is 9.37 Å². The molecule has 1 fully saturated rings. The Labute approximate surface area is 137 Å². The number of alkyl halides is 1. The summed E-state index contributed by atoms with van der Waals surface area (Å²) in [5.41, 5.74) is 1.98. The first-order valence-electron chi connectivity index (χ1n) is 7.33. The zero-order valence-electron chi connectivity index (χ0n) is 12.5. The van der Waals surface area contributed by atoms with Crippen molar-refractivity contribution in [1.82, 2.24) is 9.55 Å². The monoisotopic (exact) mass is 372 g/mol. The van der Waals surface area contributed by atoms with E-state index in [1.54, 1.807) is 0 Å². The SMILES string of the molecule is CC(Cl)c1nc2cc(F)c(Br)cc2n1CC1(C(C)C)CC1. The van der Waals surface area contributed by atoms with Crippen LogP contribution < -0.4 is 0 Å². The number of imidazole rings is 1. The van der Waals surface area contributed by atoms with Gasteiger partial charge in [-0.15, -0.1) is 11.6 Å². The van der Waals surface area contributed by atoms with Crippen molar-refractivity contribution in [1.29, 1.82) is 0 Å². The topological polar surface area (TPSA) is 17.8 Å². The number of aromatic nitrogens is 2. The first-order valence-corrected chi connectivity index (χ1v) is 8.56. The molecule has 1 aromatic carbocycles. The second-order valence-electron chi connectivity index (χ2n) is 6.44. The molecule has 0 N–H and O–H groups in total. The third kappa shape index (κ3) is 2.61. The van der Waals surface area contributed by atoms with Gasteiger partial charge in [0.05, 0.1) is 20.9 Å². The maximum Gasteiger partial charge on any atom is 0.139 e. The van der Waals surface area contributed by atoms with Crippen LogP contribution in [0.25, 0.3) is 11.0 Å². The van der Waals surface area contributed by atoms with Gasteiger partial charge in [0.1, 0.15) is 11.6 Å². The Morgan fingerprint density at radius 1 is 1.38 bits per heavy atom. The molecule has 1 aliphatic rings. The normalized spacial score (nSPS) is 18.4. The van der Waals surface area contributed by atoms with E-state index in [1.165, 1.54) is 18.9 Å². The zero-order valence-corrected chi connectivity index (χ0v) is 14.8. The fourth-order valence-electron chi connectivity index (χ4n) is 3.00. The van der Waals surface area contributed by atoms with Crippen LogP contribution in [0.1, 0.15) is 44.8 Å². The summed E-state index contributed by atoms with van der Waals surface area (Å²) in [5.74, 6) is 1.17. The lowest BCUT2D eigenvalue weighted by Crippen LogP contribution is -2.19. The summed E-state index contributed by atoms with van der Waals surface area (Å²) < 4.78 is 16.4. The van der Waals surface area contributed by atoms with Crippen LogP contribution in [-0.4, -0.2) is 9.55 Å². The number of halogens is 3. The first kappa shape index (κ1) is 15.3. The second-order valence-corrected chi connectivity index (χ2v) is 7.95. The summed E-state index contributed by atoms with van der Waals surface area (Å²) in [6.45, 7) is 7.36. The summed E-state index contributed by atoms with van der Waals surface area (Å²) in [4.78, 5) is 4.56. The number of fused-ring (bicyclic) bond motifs is 1. The van der Waals surface area contributed by atoms with Crippen LogP contribution in [0, 0.1) is 17.2 Å². The molecule has 0 aliphatic heterocycles. The van der Waals surface area contributed by atoms with E-state index in [0.717, 1.165) is 17.9 Å². The fourth-order valence-corrected chi connectivity index (χ4v) is 3.50. The maximum atomic E-state index is 13.7. The molecule has 0 bridgehead atoms. The van der Waals surface area contributed by atoms with E-state index in [0.29, 0.717) is 21.3 Å². The van der Waals surface area contributed by atoms with E-state index < -0.39 is 0 Å². The van der Waals surface area contributed by atoms with Crippen LogP contribution in [0.15, 0.2) is 16.6 Å². The average Bonchev–Trinajstić information content (AvgIpc) is 3.11. The van der Waals surface area contributed by atoms with Crippen molar-refractivity contribution < 1.29 is 4.39 Å². The van der Waals surface area contributed by atoms with E-state index in [-0.39, 0.29) is 11.2 Å². The van der Waals surface area contributed by atoms with E-state index in [1.807, 2.05) is 13.0 Å². The second kappa shape index (κ2) is 5.24.